The standard InChI is InChI=1S/C10H11NO3/c12-5-9-8-3-6(10(13)14)1-2-7(8)4-11-9/h1-3,9,11-12H,4-5H2,(H,13,14)/t9-/m1/s1. The van der Waals surface area contributed by atoms with Crippen molar-refractivity contribution in [3.05, 3.63) is 34.9 Å². The van der Waals surface area contributed by atoms with Crippen molar-refractivity contribution in [2.75, 3.05) is 6.61 Å². The first-order chi connectivity index (χ1) is 6.72. The average Bonchev–Trinajstić information content (AvgIpc) is 2.59. The zero-order valence-corrected chi connectivity index (χ0v) is 7.53. The van der Waals surface area contributed by atoms with Crippen molar-refractivity contribution < 1.29 is 15.0 Å². The Bertz CT molecular complexity index is 376. The molecule has 4 nitrogen and oxygen atoms in total. The summed E-state index contributed by atoms with van der Waals surface area (Å²) in [5, 5.41) is 20.9. The molecule has 1 aromatic carbocycles. The summed E-state index contributed by atoms with van der Waals surface area (Å²) in [5.41, 5.74) is 2.23. The molecule has 0 saturated carbocycles. The van der Waals surface area contributed by atoms with E-state index in [9.17, 15) is 4.79 Å². The van der Waals surface area contributed by atoms with E-state index >= 15 is 0 Å². The normalized spacial score (nSPS) is 19.4. The summed E-state index contributed by atoms with van der Waals surface area (Å²) in [6, 6.07) is 4.88. The molecule has 0 amide bonds. The molecule has 4 heteroatoms. The molecule has 3 N–H and O–H groups in total. The molecule has 1 aromatic rings. The van der Waals surface area contributed by atoms with Crippen LogP contribution in [0.15, 0.2) is 18.2 Å². The fourth-order valence-corrected chi connectivity index (χ4v) is 1.72. The fraction of sp³-hybridized carbons (Fsp3) is 0.300. The summed E-state index contributed by atoms with van der Waals surface area (Å²) in [4.78, 5) is 10.7. The number of hydrogen-bond acceptors (Lipinski definition) is 3. The van der Waals surface area contributed by atoms with E-state index in [0.717, 1.165) is 11.1 Å². The first-order valence-corrected chi connectivity index (χ1v) is 4.42. The third kappa shape index (κ3) is 1.38. The van der Waals surface area contributed by atoms with Gasteiger partial charge in [-0.1, -0.05) is 6.07 Å². The first kappa shape index (κ1) is 9.18. The Morgan fingerprint density at radius 1 is 1.57 bits per heavy atom. The van der Waals surface area contributed by atoms with Crippen LogP contribution in [0.2, 0.25) is 0 Å². The number of benzene rings is 1. The molecule has 1 atom stereocenters. The number of rotatable bonds is 2. The van der Waals surface area contributed by atoms with E-state index in [2.05, 4.69) is 5.32 Å². The topological polar surface area (TPSA) is 69.6 Å². The Morgan fingerprint density at radius 2 is 2.36 bits per heavy atom. The SMILES string of the molecule is O=C(O)c1ccc2c(c1)[C@@H](CO)NC2. The van der Waals surface area contributed by atoms with Crippen molar-refractivity contribution in [3.63, 3.8) is 0 Å². The van der Waals surface area contributed by atoms with Gasteiger partial charge in [-0.2, -0.15) is 0 Å². The van der Waals surface area contributed by atoms with Gasteiger partial charge in [0.1, 0.15) is 0 Å². The van der Waals surface area contributed by atoms with E-state index in [0.29, 0.717) is 6.54 Å². The smallest absolute Gasteiger partial charge is 0.335 e. The molecule has 1 aliphatic rings. The quantitative estimate of drug-likeness (QED) is 0.640. The maximum atomic E-state index is 10.7. The summed E-state index contributed by atoms with van der Waals surface area (Å²) in [5.74, 6) is -0.934. The zero-order chi connectivity index (χ0) is 10.1. The first-order valence-electron chi connectivity index (χ1n) is 4.42. The molecule has 1 aliphatic heterocycles. The van der Waals surface area contributed by atoms with Gasteiger partial charge in [-0.25, -0.2) is 4.79 Å². The number of carboxylic acids is 1. The van der Waals surface area contributed by atoms with Gasteiger partial charge in [0.15, 0.2) is 0 Å². The van der Waals surface area contributed by atoms with Gasteiger partial charge >= 0.3 is 5.97 Å². The number of fused-ring (bicyclic) bond motifs is 1. The molecule has 0 aromatic heterocycles. The van der Waals surface area contributed by atoms with Crippen LogP contribution in [-0.4, -0.2) is 22.8 Å². The summed E-state index contributed by atoms with van der Waals surface area (Å²) in [7, 11) is 0. The number of carbonyl (C=O) groups is 1. The van der Waals surface area contributed by atoms with Crippen LogP contribution >= 0.6 is 0 Å². The van der Waals surface area contributed by atoms with Crippen molar-refractivity contribution in [2.24, 2.45) is 0 Å². The zero-order valence-electron chi connectivity index (χ0n) is 7.53. The second-order valence-electron chi connectivity index (χ2n) is 3.33. The van der Waals surface area contributed by atoms with E-state index < -0.39 is 5.97 Å². The molecule has 0 fully saturated rings. The molecule has 0 bridgehead atoms. The largest absolute Gasteiger partial charge is 0.478 e. The van der Waals surface area contributed by atoms with E-state index in [1.54, 1.807) is 18.2 Å². The Balaban J connectivity index is 2.42. The third-order valence-electron chi connectivity index (χ3n) is 2.49. The summed E-state index contributed by atoms with van der Waals surface area (Å²) < 4.78 is 0. The molecule has 0 unspecified atom stereocenters. The van der Waals surface area contributed by atoms with Crippen molar-refractivity contribution in [3.8, 4) is 0 Å². The highest BCUT2D eigenvalue weighted by Gasteiger charge is 2.21. The number of hydrogen-bond donors (Lipinski definition) is 3. The van der Waals surface area contributed by atoms with Crippen LogP contribution in [0.1, 0.15) is 27.5 Å². The highest BCUT2D eigenvalue weighted by molar-refractivity contribution is 5.88. The second-order valence-corrected chi connectivity index (χ2v) is 3.33. The summed E-state index contributed by atoms with van der Waals surface area (Å²) >= 11 is 0. The van der Waals surface area contributed by atoms with Gasteiger partial charge in [-0.05, 0) is 23.3 Å². The monoisotopic (exact) mass is 193 g/mol. The van der Waals surface area contributed by atoms with Gasteiger partial charge in [0.25, 0.3) is 0 Å². The number of aromatic carboxylic acids is 1. The molecule has 0 radical (unpaired) electrons. The third-order valence-corrected chi connectivity index (χ3v) is 2.49. The van der Waals surface area contributed by atoms with E-state index in [-0.39, 0.29) is 18.2 Å². The van der Waals surface area contributed by atoms with Gasteiger partial charge < -0.3 is 15.5 Å². The van der Waals surface area contributed by atoms with Crippen LogP contribution in [0.5, 0.6) is 0 Å². The van der Waals surface area contributed by atoms with Crippen molar-refractivity contribution >= 4 is 5.97 Å². The number of carboxylic acid groups (broad SMARTS) is 1. The number of aliphatic hydroxyl groups is 1. The fourth-order valence-electron chi connectivity index (χ4n) is 1.72. The lowest BCUT2D eigenvalue weighted by molar-refractivity contribution is 0.0696. The van der Waals surface area contributed by atoms with Crippen LogP contribution in [0, 0.1) is 0 Å². The van der Waals surface area contributed by atoms with Gasteiger partial charge in [0.05, 0.1) is 18.2 Å². The average molecular weight is 193 g/mol. The minimum absolute atomic E-state index is 0.00390. The predicted octanol–water partition coefficient (Wildman–Crippen LogP) is 0.521. The molecular weight excluding hydrogens is 182 g/mol. The molecular formula is C10H11NO3. The van der Waals surface area contributed by atoms with Crippen molar-refractivity contribution in [1.82, 2.24) is 5.32 Å². The Morgan fingerprint density at radius 3 is 3.00 bits per heavy atom. The van der Waals surface area contributed by atoms with E-state index in [4.69, 9.17) is 10.2 Å². The molecule has 0 spiro atoms. The van der Waals surface area contributed by atoms with Crippen LogP contribution in [0.25, 0.3) is 0 Å². The van der Waals surface area contributed by atoms with Gasteiger partial charge in [0.2, 0.25) is 0 Å². The van der Waals surface area contributed by atoms with Gasteiger partial charge in [0, 0.05) is 6.54 Å². The van der Waals surface area contributed by atoms with Crippen molar-refractivity contribution in [2.45, 2.75) is 12.6 Å². The highest BCUT2D eigenvalue weighted by Crippen LogP contribution is 2.25. The van der Waals surface area contributed by atoms with Crippen molar-refractivity contribution in [1.29, 1.82) is 0 Å². The Hall–Kier alpha value is -1.39. The Kier molecular flexibility index (Phi) is 2.23. The van der Waals surface area contributed by atoms with Crippen LogP contribution < -0.4 is 5.32 Å². The lowest BCUT2D eigenvalue weighted by Gasteiger charge is -2.07. The molecule has 0 saturated heterocycles. The minimum Gasteiger partial charge on any atom is -0.478 e. The number of aliphatic hydroxyl groups excluding tert-OH is 1. The van der Waals surface area contributed by atoms with Crippen LogP contribution in [0.3, 0.4) is 0 Å². The van der Waals surface area contributed by atoms with Crippen LogP contribution in [0.4, 0.5) is 0 Å². The second kappa shape index (κ2) is 3.40. The van der Waals surface area contributed by atoms with Gasteiger partial charge in [-0.15, -0.1) is 0 Å². The van der Waals surface area contributed by atoms with Gasteiger partial charge in [-0.3, -0.25) is 0 Å². The predicted molar refractivity (Wildman–Crippen MR) is 50.1 cm³/mol. The molecule has 14 heavy (non-hydrogen) atoms. The molecule has 1 heterocycles. The van der Waals surface area contributed by atoms with E-state index in [1.807, 2.05) is 0 Å². The molecule has 74 valence electrons. The summed E-state index contributed by atoms with van der Waals surface area (Å²) in [6.07, 6.45) is 0. The maximum Gasteiger partial charge on any atom is 0.335 e. The van der Waals surface area contributed by atoms with E-state index in [1.165, 1.54) is 0 Å². The number of nitrogens with one attached hydrogen (secondary N) is 1. The summed E-state index contributed by atoms with van der Waals surface area (Å²) in [6.45, 7) is 0.691. The lowest BCUT2D eigenvalue weighted by Crippen LogP contribution is -2.15. The maximum absolute atomic E-state index is 10.7. The molecule has 2 rings (SSSR count). The van der Waals surface area contributed by atoms with Crippen LogP contribution in [-0.2, 0) is 6.54 Å². The minimum atomic E-state index is -0.934. The molecule has 0 aliphatic carbocycles. The Labute approximate surface area is 81.2 Å². The highest BCUT2D eigenvalue weighted by atomic mass is 16.4. The lowest BCUT2D eigenvalue weighted by atomic mass is 10.0.